The van der Waals surface area contributed by atoms with E-state index in [1.54, 1.807) is 0 Å². The summed E-state index contributed by atoms with van der Waals surface area (Å²) < 4.78 is 0. The van der Waals surface area contributed by atoms with E-state index in [-0.39, 0.29) is 0 Å². The summed E-state index contributed by atoms with van der Waals surface area (Å²) in [5.41, 5.74) is 9.72. The second-order valence-corrected chi connectivity index (χ2v) is 7.08. The summed E-state index contributed by atoms with van der Waals surface area (Å²) in [6.45, 7) is 7.61. The van der Waals surface area contributed by atoms with E-state index < -0.39 is 35.5 Å². The van der Waals surface area contributed by atoms with Gasteiger partial charge in [0.25, 0.3) is 0 Å². The largest absolute Gasteiger partial charge is 0.391 e. The highest BCUT2D eigenvalue weighted by atomic mass is 16.3. The minimum absolute atomic E-state index is 0.341. The van der Waals surface area contributed by atoms with Crippen molar-refractivity contribution in [3.8, 4) is 0 Å². The minimum Gasteiger partial charge on any atom is -0.391 e. The first kappa shape index (κ1) is 23.8. The molecular weight excluding hydrogens is 308 g/mol. The summed E-state index contributed by atoms with van der Waals surface area (Å²) >= 11 is 0. The zero-order valence-electron chi connectivity index (χ0n) is 15.9. The molecule has 0 saturated heterocycles. The van der Waals surface area contributed by atoms with Crippen molar-refractivity contribution < 1.29 is 20.4 Å². The molecule has 0 aliphatic carbocycles. The summed E-state index contributed by atoms with van der Waals surface area (Å²) in [4.78, 5) is 0. The van der Waals surface area contributed by atoms with E-state index in [0.717, 1.165) is 0 Å². The summed E-state index contributed by atoms with van der Waals surface area (Å²) in [7, 11) is 0. The van der Waals surface area contributed by atoms with Gasteiger partial charge in [0.05, 0.1) is 35.5 Å². The number of hydrogen-bond acceptors (Lipinski definition) is 6. The highest BCUT2D eigenvalue weighted by molar-refractivity contribution is 5.20. The van der Waals surface area contributed by atoms with Crippen LogP contribution in [0, 0.1) is 0 Å². The molecule has 6 nitrogen and oxygen atoms in total. The first-order chi connectivity index (χ1) is 11.2. The Hall–Kier alpha value is -0.240. The van der Waals surface area contributed by atoms with E-state index in [0.29, 0.717) is 51.4 Å². The Balaban J connectivity index is 6.13. The van der Waals surface area contributed by atoms with Gasteiger partial charge in [0.15, 0.2) is 0 Å². The van der Waals surface area contributed by atoms with Crippen LogP contribution in [-0.4, -0.2) is 55.9 Å². The van der Waals surface area contributed by atoms with Crippen LogP contribution in [0.5, 0.6) is 0 Å². The normalized spacial score (nSPS) is 22.2. The Kier molecular flexibility index (Phi) is 10.6. The lowest BCUT2D eigenvalue weighted by atomic mass is 9.62. The fraction of sp³-hybridized carbons (Fsp3) is 1.00. The van der Waals surface area contributed by atoms with E-state index in [2.05, 4.69) is 0 Å². The lowest BCUT2D eigenvalue weighted by Gasteiger charge is -2.55. The van der Waals surface area contributed by atoms with Crippen LogP contribution < -0.4 is 11.5 Å². The van der Waals surface area contributed by atoms with Gasteiger partial charge in [-0.2, -0.15) is 0 Å². The van der Waals surface area contributed by atoms with Gasteiger partial charge in [-0.05, 0) is 25.7 Å². The third kappa shape index (κ3) is 4.68. The van der Waals surface area contributed by atoms with E-state index in [1.165, 1.54) is 0 Å². The quantitative estimate of drug-likeness (QED) is 0.294. The van der Waals surface area contributed by atoms with Crippen molar-refractivity contribution in [1.29, 1.82) is 0 Å². The van der Waals surface area contributed by atoms with Gasteiger partial charge >= 0.3 is 0 Å². The molecule has 146 valence electrons. The van der Waals surface area contributed by atoms with Gasteiger partial charge < -0.3 is 31.9 Å². The van der Waals surface area contributed by atoms with Crippen LogP contribution >= 0.6 is 0 Å². The van der Waals surface area contributed by atoms with E-state index in [1.807, 2.05) is 27.7 Å². The highest BCUT2D eigenvalue weighted by Gasteiger charge is 2.60. The topological polar surface area (TPSA) is 133 Å². The second kappa shape index (κ2) is 10.7. The Labute approximate surface area is 147 Å². The predicted molar refractivity (Wildman–Crippen MR) is 97.5 cm³/mol. The fourth-order valence-electron chi connectivity index (χ4n) is 3.65. The zero-order chi connectivity index (χ0) is 19.0. The summed E-state index contributed by atoms with van der Waals surface area (Å²) in [5, 5.41) is 43.0. The molecule has 0 bridgehead atoms. The van der Waals surface area contributed by atoms with Crippen molar-refractivity contribution in [1.82, 2.24) is 0 Å². The maximum atomic E-state index is 10.7. The Morgan fingerprint density at radius 1 is 0.542 bits per heavy atom. The molecule has 0 aliphatic heterocycles. The van der Waals surface area contributed by atoms with Gasteiger partial charge in [-0.25, -0.2) is 0 Å². The lowest BCUT2D eigenvalue weighted by molar-refractivity contribution is -0.138. The fourth-order valence-corrected chi connectivity index (χ4v) is 3.65. The maximum Gasteiger partial charge on any atom is 0.0913 e. The molecular formula is C18H40N2O4. The van der Waals surface area contributed by atoms with Crippen molar-refractivity contribution in [3.05, 3.63) is 0 Å². The minimum atomic E-state index is -1.69. The molecule has 0 aromatic heterocycles. The van der Waals surface area contributed by atoms with Gasteiger partial charge in [0.2, 0.25) is 0 Å². The third-order valence-electron chi connectivity index (χ3n) is 5.20. The Morgan fingerprint density at radius 3 is 0.833 bits per heavy atom. The van der Waals surface area contributed by atoms with Crippen LogP contribution in [0.15, 0.2) is 0 Å². The Morgan fingerprint density at radius 2 is 0.708 bits per heavy atom. The molecule has 0 fully saturated rings. The number of aliphatic hydroxyl groups excluding tert-OH is 4. The molecule has 8 N–H and O–H groups in total. The van der Waals surface area contributed by atoms with E-state index >= 15 is 0 Å². The molecule has 0 amide bonds. The van der Waals surface area contributed by atoms with Gasteiger partial charge in [-0.1, -0.05) is 53.4 Å². The first-order valence-electron chi connectivity index (χ1n) is 9.48. The van der Waals surface area contributed by atoms with Crippen LogP contribution in [0.2, 0.25) is 0 Å². The molecule has 0 aliphatic rings. The van der Waals surface area contributed by atoms with Crippen molar-refractivity contribution in [2.45, 2.75) is 115 Å². The average Bonchev–Trinajstić information content (AvgIpc) is 2.53. The Bertz CT molecular complexity index is 285. The van der Waals surface area contributed by atoms with Gasteiger partial charge in [0, 0.05) is 0 Å². The molecule has 0 heterocycles. The molecule has 0 aromatic carbocycles. The zero-order valence-corrected chi connectivity index (χ0v) is 15.9. The predicted octanol–water partition coefficient (Wildman–Crippen LogP) is 1.03. The molecule has 4 atom stereocenters. The number of rotatable bonds is 13. The van der Waals surface area contributed by atoms with Crippen LogP contribution in [0.3, 0.4) is 0 Å². The molecule has 0 saturated carbocycles. The lowest BCUT2D eigenvalue weighted by Crippen LogP contribution is -2.83. The number of nitrogens with two attached hydrogens (primary N) is 2. The van der Waals surface area contributed by atoms with Gasteiger partial charge in [-0.15, -0.1) is 0 Å². The molecule has 0 radical (unpaired) electrons. The van der Waals surface area contributed by atoms with E-state index in [4.69, 9.17) is 11.5 Å². The van der Waals surface area contributed by atoms with Crippen LogP contribution in [0.1, 0.15) is 79.1 Å². The van der Waals surface area contributed by atoms with Crippen molar-refractivity contribution in [3.63, 3.8) is 0 Å². The van der Waals surface area contributed by atoms with Crippen LogP contribution in [0.4, 0.5) is 0 Å². The first-order valence-corrected chi connectivity index (χ1v) is 9.48. The number of hydrogen-bond donors (Lipinski definition) is 6. The molecule has 4 unspecified atom stereocenters. The second-order valence-electron chi connectivity index (χ2n) is 7.08. The number of aliphatic hydroxyl groups is 4. The molecule has 6 heteroatoms. The smallest absolute Gasteiger partial charge is 0.0913 e. The third-order valence-corrected chi connectivity index (χ3v) is 5.20. The molecule has 0 rings (SSSR count). The highest BCUT2D eigenvalue weighted by Crippen LogP contribution is 2.37. The van der Waals surface area contributed by atoms with Crippen LogP contribution in [0.25, 0.3) is 0 Å². The standard InChI is InChI=1S/C18H40N2O4/c1-5-9-13(21)17(19,14(22)10-6-2)18(20,15(23)11-7-3)16(24)12-8-4/h13-16,21-24H,5-12,19-20H2,1-4H3. The van der Waals surface area contributed by atoms with Crippen molar-refractivity contribution >= 4 is 0 Å². The summed E-state index contributed by atoms with van der Waals surface area (Å²) in [5.74, 6) is 0. The van der Waals surface area contributed by atoms with Gasteiger partial charge in [0.1, 0.15) is 0 Å². The van der Waals surface area contributed by atoms with E-state index in [9.17, 15) is 20.4 Å². The maximum absolute atomic E-state index is 10.7. The average molecular weight is 349 g/mol. The molecule has 0 aromatic rings. The van der Waals surface area contributed by atoms with Crippen LogP contribution in [-0.2, 0) is 0 Å². The summed E-state index contributed by atoms with van der Waals surface area (Å²) in [6.07, 6.45) is -0.487. The summed E-state index contributed by atoms with van der Waals surface area (Å²) in [6, 6.07) is 0. The van der Waals surface area contributed by atoms with Gasteiger partial charge in [-0.3, -0.25) is 0 Å². The molecule has 0 spiro atoms. The monoisotopic (exact) mass is 348 g/mol. The SMILES string of the molecule is CCCC(O)C(N)(C(O)CCC)C(N)(C(O)CCC)C(O)CCC. The molecule has 24 heavy (non-hydrogen) atoms. The van der Waals surface area contributed by atoms with Crippen molar-refractivity contribution in [2.24, 2.45) is 11.5 Å². The van der Waals surface area contributed by atoms with Crippen molar-refractivity contribution in [2.75, 3.05) is 0 Å².